The molecule has 4 aliphatic rings. The number of aliphatic carboxylic acids is 1. The van der Waals surface area contributed by atoms with Gasteiger partial charge in [0.25, 0.3) is 5.91 Å². The molecule has 4 N–H and O–H groups in total. The minimum absolute atomic E-state index is 0.0136. The summed E-state index contributed by atoms with van der Waals surface area (Å²) in [5.74, 6) is 0.185. The molecule has 1 amide bonds. The van der Waals surface area contributed by atoms with Gasteiger partial charge in [0.2, 0.25) is 0 Å². The van der Waals surface area contributed by atoms with Gasteiger partial charge in [0.1, 0.15) is 0 Å². The lowest BCUT2D eigenvalue weighted by molar-refractivity contribution is -0.153. The number of amides is 1. The summed E-state index contributed by atoms with van der Waals surface area (Å²) in [7, 11) is 0. The average molecular weight is 505 g/mol. The summed E-state index contributed by atoms with van der Waals surface area (Å²) in [6, 6.07) is 0. The second-order valence-corrected chi connectivity index (χ2v) is 13.1. The molecule has 0 aliphatic heterocycles. The molecule has 0 bridgehead atoms. The largest absolute Gasteiger partial charge is 0.479 e. The molecule has 0 spiro atoms. The van der Waals surface area contributed by atoms with Crippen molar-refractivity contribution in [1.29, 1.82) is 0 Å². The standard InChI is InChI=1S/C28H44N2O6/c1-25(2,23(32)24(33)34)16-29-22(31)15-36-30-18-8-11-26(3)17(14-18)6-7-19-20(26)9-12-27(4)21(19)10-13-28(27,5)35/h14,19-21,23,32,35H,6-13,15-16H2,1-5H3,(H,29,31)(H,33,34)/b30-18+/t19-,20+,21+,23?,26+,27+,28+/m1/s1. The molecule has 3 fully saturated rings. The lowest BCUT2D eigenvalue weighted by Crippen LogP contribution is -2.53. The lowest BCUT2D eigenvalue weighted by Gasteiger charge is -2.59. The second kappa shape index (κ2) is 9.43. The maximum atomic E-state index is 12.2. The Morgan fingerprint density at radius 1 is 1.14 bits per heavy atom. The van der Waals surface area contributed by atoms with Crippen LogP contribution < -0.4 is 5.32 Å². The van der Waals surface area contributed by atoms with E-state index < -0.39 is 29.0 Å². The van der Waals surface area contributed by atoms with Crippen molar-refractivity contribution >= 4 is 17.6 Å². The molecule has 7 atom stereocenters. The van der Waals surface area contributed by atoms with Crippen LogP contribution in [0.4, 0.5) is 0 Å². The summed E-state index contributed by atoms with van der Waals surface area (Å²) in [4.78, 5) is 28.5. The Bertz CT molecular complexity index is 956. The van der Waals surface area contributed by atoms with Crippen LogP contribution in [0.25, 0.3) is 0 Å². The van der Waals surface area contributed by atoms with E-state index in [1.54, 1.807) is 13.8 Å². The number of nitrogens with one attached hydrogen (secondary N) is 1. The van der Waals surface area contributed by atoms with Gasteiger partial charge in [-0.05, 0) is 93.0 Å². The molecule has 8 heteroatoms. The van der Waals surface area contributed by atoms with E-state index in [4.69, 9.17) is 9.94 Å². The summed E-state index contributed by atoms with van der Waals surface area (Å²) in [6.45, 7) is 9.71. The molecular formula is C28H44N2O6. The van der Waals surface area contributed by atoms with E-state index in [0.29, 0.717) is 17.8 Å². The van der Waals surface area contributed by atoms with Crippen LogP contribution in [0.5, 0.6) is 0 Å². The summed E-state index contributed by atoms with van der Waals surface area (Å²) in [5.41, 5.74) is 0.935. The van der Waals surface area contributed by atoms with Crippen LogP contribution >= 0.6 is 0 Å². The van der Waals surface area contributed by atoms with Gasteiger partial charge in [-0.25, -0.2) is 4.79 Å². The number of carbonyl (C=O) groups is 2. The van der Waals surface area contributed by atoms with Crippen LogP contribution in [-0.2, 0) is 14.4 Å². The zero-order valence-electron chi connectivity index (χ0n) is 22.5. The Balaban J connectivity index is 1.35. The zero-order valence-corrected chi connectivity index (χ0v) is 22.5. The van der Waals surface area contributed by atoms with Gasteiger partial charge in [0.15, 0.2) is 12.7 Å². The number of fused-ring (bicyclic) bond motifs is 5. The van der Waals surface area contributed by atoms with Crippen molar-refractivity contribution in [2.75, 3.05) is 13.2 Å². The summed E-state index contributed by atoms with van der Waals surface area (Å²) >= 11 is 0. The van der Waals surface area contributed by atoms with E-state index in [1.165, 1.54) is 5.57 Å². The van der Waals surface area contributed by atoms with Gasteiger partial charge in [0.05, 0.1) is 11.3 Å². The molecule has 4 aliphatic carbocycles. The summed E-state index contributed by atoms with van der Waals surface area (Å²) in [6.07, 6.45) is 8.96. The third kappa shape index (κ3) is 4.60. The van der Waals surface area contributed by atoms with Gasteiger partial charge in [-0.15, -0.1) is 0 Å². The Morgan fingerprint density at radius 2 is 1.83 bits per heavy atom. The number of carboxylic acid groups (broad SMARTS) is 1. The van der Waals surface area contributed by atoms with Crippen LogP contribution in [-0.4, -0.2) is 57.8 Å². The van der Waals surface area contributed by atoms with E-state index in [-0.39, 0.29) is 24.0 Å². The average Bonchev–Trinajstić information content (AvgIpc) is 3.06. The Morgan fingerprint density at radius 3 is 2.53 bits per heavy atom. The number of oxime groups is 1. The molecule has 0 aromatic rings. The SMILES string of the molecule is CC(C)(CNC(=O)CO/N=C1/C=C2CC[C@@H]3[C@H](CC[C@@]4(C)[C@H]3CC[C@]4(C)O)[C@@]2(C)CC1)C(O)C(=O)O. The fourth-order valence-electron chi connectivity index (χ4n) is 7.87. The Labute approximate surface area is 214 Å². The number of allylic oxidation sites excluding steroid dienone is 2. The molecule has 1 unspecified atom stereocenters. The number of hydrogen-bond donors (Lipinski definition) is 4. The van der Waals surface area contributed by atoms with Crippen molar-refractivity contribution in [3.8, 4) is 0 Å². The van der Waals surface area contributed by atoms with Gasteiger partial charge in [-0.3, -0.25) is 4.79 Å². The van der Waals surface area contributed by atoms with Crippen LogP contribution in [0.1, 0.15) is 86.0 Å². The van der Waals surface area contributed by atoms with Gasteiger partial charge >= 0.3 is 5.97 Å². The highest BCUT2D eigenvalue weighted by Crippen LogP contribution is 2.67. The maximum absolute atomic E-state index is 12.2. The smallest absolute Gasteiger partial charge is 0.333 e. The number of nitrogens with zero attached hydrogens (tertiary/aromatic N) is 1. The molecule has 8 nitrogen and oxygen atoms in total. The molecular weight excluding hydrogens is 460 g/mol. The molecule has 0 saturated heterocycles. The first-order valence-corrected chi connectivity index (χ1v) is 13.5. The van der Waals surface area contributed by atoms with E-state index in [0.717, 1.165) is 57.1 Å². The lowest BCUT2D eigenvalue weighted by atomic mass is 9.46. The highest BCUT2D eigenvalue weighted by molar-refractivity contribution is 5.96. The molecule has 36 heavy (non-hydrogen) atoms. The molecule has 202 valence electrons. The quantitative estimate of drug-likeness (QED) is 0.392. The molecule has 4 rings (SSSR count). The molecule has 3 saturated carbocycles. The van der Waals surface area contributed by atoms with Crippen molar-refractivity contribution in [2.45, 2.75) is 97.7 Å². The van der Waals surface area contributed by atoms with Crippen LogP contribution in [0.2, 0.25) is 0 Å². The van der Waals surface area contributed by atoms with E-state index in [1.807, 2.05) is 6.92 Å². The van der Waals surface area contributed by atoms with E-state index >= 15 is 0 Å². The number of aliphatic hydroxyl groups excluding tert-OH is 1. The minimum atomic E-state index is -1.57. The number of carbonyl (C=O) groups excluding carboxylic acids is 1. The topological polar surface area (TPSA) is 128 Å². The van der Waals surface area contributed by atoms with Crippen LogP contribution in [0.15, 0.2) is 16.8 Å². The van der Waals surface area contributed by atoms with Crippen molar-refractivity contribution in [3.63, 3.8) is 0 Å². The zero-order chi connectivity index (χ0) is 26.5. The second-order valence-electron chi connectivity index (χ2n) is 13.1. The minimum Gasteiger partial charge on any atom is -0.479 e. The monoisotopic (exact) mass is 504 g/mol. The van der Waals surface area contributed by atoms with E-state index in [9.17, 15) is 19.8 Å². The first-order valence-electron chi connectivity index (χ1n) is 13.5. The predicted octanol–water partition coefficient (Wildman–Crippen LogP) is 3.66. The Hall–Kier alpha value is -1.93. The van der Waals surface area contributed by atoms with Gasteiger partial charge in [0, 0.05) is 12.0 Å². The molecule has 0 radical (unpaired) electrons. The van der Waals surface area contributed by atoms with Gasteiger partial charge in [-0.2, -0.15) is 0 Å². The number of carboxylic acids is 1. The highest BCUT2D eigenvalue weighted by atomic mass is 16.6. The number of hydrogen-bond acceptors (Lipinski definition) is 6. The van der Waals surface area contributed by atoms with Gasteiger partial charge < -0.3 is 25.5 Å². The number of aliphatic hydroxyl groups is 2. The van der Waals surface area contributed by atoms with Gasteiger partial charge in [-0.1, -0.05) is 38.4 Å². The highest BCUT2D eigenvalue weighted by Gasteiger charge is 2.62. The molecule has 0 aromatic carbocycles. The van der Waals surface area contributed by atoms with Crippen molar-refractivity contribution in [2.24, 2.45) is 39.2 Å². The maximum Gasteiger partial charge on any atom is 0.333 e. The van der Waals surface area contributed by atoms with Crippen molar-refractivity contribution in [1.82, 2.24) is 5.32 Å². The predicted molar refractivity (Wildman–Crippen MR) is 136 cm³/mol. The molecule has 0 heterocycles. The van der Waals surface area contributed by atoms with Crippen LogP contribution in [0, 0.1) is 34.0 Å². The fourth-order valence-corrected chi connectivity index (χ4v) is 7.87. The first-order chi connectivity index (χ1) is 16.7. The fraction of sp³-hybridized carbons (Fsp3) is 0.821. The molecule has 0 aromatic heterocycles. The Kier molecular flexibility index (Phi) is 7.10. The number of rotatable bonds is 7. The van der Waals surface area contributed by atoms with Crippen molar-refractivity contribution in [3.05, 3.63) is 11.6 Å². The summed E-state index contributed by atoms with van der Waals surface area (Å²) in [5, 5.41) is 36.7. The third-order valence-corrected chi connectivity index (χ3v) is 10.6. The van der Waals surface area contributed by atoms with E-state index in [2.05, 4.69) is 30.4 Å². The third-order valence-electron chi connectivity index (χ3n) is 10.6. The first kappa shape index (κ1) is 27.1. The van der Waals surface area contributed by atoms with Crippen molar-refractivity contribution < 1.29 is 29.7 Å². The summed E-state index contributed by atoms with van der Waals surface area (Å²) < 4.78 is 0. The van der Waals surface area contributed by atoms with Crippen LogP contribution in [0.3, 0.4) is 0 Å². The normalized spacial score (nSPS) is 39.9.